The Bertz CT molecular complexity index is 429. The highest BCUT2D eigenvalue weighted by Gasteiger charge is 2.30. The van der Waals surface area contributed by atoms with E-state index in [2.05, 4.69) is 31.7 Å². The van der Waals surface area contributed by atoms with Crippen LogP contribution in [0.5, 0.6) is 5.75 Å². The molecular weight excluding hydrogens is 248 g/mol. The molecule has 20 heavy (non-hydrogen) atoms. The van der Waals surface area contributed by atoms with E-state index < -0.39 is 0 Å². The molecule has 1 aliphatic rings. The summed E-state index contributed by atoms with van der Waals surface area (Å²) in [6.07, 6.45) is 5.21. The van der Waals surface area contributed by atoms with Gasteiger partial charge in [-0.1, -0.05) is 26.3 Å². The van der Waals surface area contributed by atoms with E-state index >= 15 is 0 Å². The normalized spacial score (nSPS) is 23.0. The van der Waals surface area contributed by atoms with Crippen molar-refractivity contribution >= 4 is 5.69 Å². The third-order valence-corrected chi connectivity index (χ3v) is 4.40. The number of benzene rings is 1. The Hall–Kier alpha value is -1.22. The molecule has 1 saturated carbocycles. The van der Waals surface area contributed by atoms with E-state index in [1.165, 1.54) is 24.8 Å². The van der Waals surface area contributed by atoms with Gasteiger partial charge in [0.15, 0.2) is 0 Å². The van der Waals surface area contributed by atoms with Gasteiger partial charge < -0.3 is 10.5 Å². The summed E-state index contributed by atoms with van der Waals surface area (Å²) in [7, 11) is 0. The van der Waals surface area contributed by atoms with Crippen molar-refractivity contribution in [3.8, 4) is 5.75 Å². The maximum Gasteiger partial charge on any atom is 0.142 e. The molecule has 1 aromatic carbocycles. The number of hydrogen-bond donors (Lipinski definition) is 1. The fourth-order valence-electron chi connectivity index (χ4n) is 3.23. The number of anilines is 1. The van der Waals surface area contributed by atoms with Crippen LogP contribution in [0, 0.1) is 6.92 Å². The number of nitrogens with two attached hydrogens (primary N) is 1. The summed E-state index contributed by atoms with van der Waals surface area (Å²) in [5, 5.41) is 0. The minimum absolute atomic E-state index is 0.271. The highest BCUT2D eigenvalue weighted by atomic mass is 16.5. The zero-order valence-electron chi connectivity index (χ0n) is 13.1. The predicted octanol–water partition coefficient (Wildman–Crippen LogP) is 3.61. The highest BCUT2D eigenvalue weighted by molar-refractivity contribution is 5.53. The van der Waals surface area contributed by atoms with Crippen LogP contribution in [-0.2, 0) is 0 Å². The Labute approximate surface area is 123 Å². The van der Waals surface area contributed by atoms with Gasteiger partial charge in [0, 0.05) is 6.04 Å². The fraction of sp³-hybridized carbons (Fsp3) is 0.647. The van der Waals surface area contributed by atoms with Crippen molar-refractivity contribution in [3.63, 3.8) is 0 Å². The average molecular weight is 276 g/mol. The molecule has 3 nitrogen and oxygen atoms in total. The lowest BCUT2D eigenvalue weighted by Crippen LogP contribution is -2.47. The summed E-state index contributed by atoms with van der Waals surface area (Å²) < 4.78 is 6.30. The van der Waals surface area contributed by atoms with Crippen LogP contribution in [-0.4, -0.2) is 30.1 Å². The van der Waals surface area contributed by atoms with E-state index in [0.29, 0.717) is 6.04 Å². The second kappa shape index (κ2) is 6.98. The minimum atomic E-state index is 0.271. The number of rotatable bonds is 5. The lowest BCUT2D eigenvalue weighted by Gasteiger charge is -2.39. The Balaban J connectivity index is 2.14. The molecule has 0 saturated heterocycles. The van der Waals surface area contributed by atoms with Crippen molar-refractivity contribution in [1.82, 2.24) is 4.90 Å². The van der Waals surface area contributed by atoms with E-state index in [-0.39, 0.29) is 6.10 Å². The van der Waals surface area contributed by atoms with Crippen LogP contribution >= 0.6 is 0 Å². The number of hydrogen-bond acceptors (Lipinski definition) is 3. The topological polar surface area (TPSA) is 38.5 Å². The first-order valence-corrected chi connectivity index (χ1v) is 7.92. The third-order valence-electron chi connectivity index (χ3n) is 4.40. The maximum absolute atomic E-state index is 6.30. The van der Waals surface area contributed by atoms with Crippen LogP contribution in [0.25, 0.3) is 0 Å². The second-order valence-electron chi connectivity index (χ2n) is 5.77. The molecular formula is C17H28N2O. The third kappa shape index (κ3) is 3.45. The molecule has 0 bridgehead atoms. The van der Waals surface area contributed by atoms with Gasteiger partial charge in [-0.3, -0.25) is 4.90 Å². The zero-order valence-corrected chi connectivity index (χ0v) is 13.1. The zero-order chi connectivity index (χ0) is 14.5. The van der Waals surface area contributed by atoms with Crippen LogP contribution in [0.2, 0.25) is 0 Å². The van der Waals surface area contributed by atoms with Crippen LogP contribution in [0.4, 0.5) is 5.69 Å². The first-order chi connectivity index (χ1) is 9.65. The van der Waals surface area contributed by atoms with E-state index in [0.717, 1.165) is 30.9 Å². The summed E-state index contributed by atoms with van der Waals surface area (Å²) in [4.78, 5) is 2.52. The highest BCUT2D eigenvalue weighted by Crippen LogP contribution is 2.30. The molecule has 2 unspecified atom stereocenters. The van der Waals surface area contributed by atoms with Crippen molar-refractivity contribution in [1.29, 1.82) is 0 Å². The molecule has 3 heteroatoms. The van der Waals surface area contributed by atoms with Crippen molar-refractivity contribution in [3.05, 3.63) is 23.8 Å². The standard InChI is InChI=1S/C17H28N2O/c1-4-19(5-2)15-8-6-7-9-16(15)20-17-12-13(3)10-11-14(17)18/h10-12,15-16H,4-9,18H2,1-3H3. The van der Waals surface area contributed by atoms with E-state index in [4.69, 9.17) is 10.5 Å². The van der Waals surface area contributed by atoms with Gasteiger partial charge in [0.05, 0.1) is 5.69 Å². The van der Waals surface area contributed by atoms with E-state index in [9.17, 15) is 0 Å². The molecule has 0 heterocycles. The first-order valence-electron chi connectivity index (χ1n) is 7.92. The molecule has 1 fully saturated rings. The number of likely N-dealkylation sites (N-methyl/N-ethyl adjacent to an activating group) is 1. The van der Waals surface area contributed by atoms with Gasteiger partial charge in [-0.25, -0.2) is 0 Å². The SMILES string of the molecule is CCN(CC)C1CCCCC1Oc1cc(C)ccc1N. The molecule has 0 aromatic heterocycles. The Morgan fingerprint density at radius 1 is 1.20 bits per heavy atom. The van der Waals surface area contributed by atoms with Gasteiger partial charge in [0.2, 0.25) is 0 Å². The predicted molar refractivity (Wildman–Crippen MR) is 85.2 cm³/mol. The Morgan fingerprint density at radius 3 is 2.60 bits per heavy atom. The quantitative estimate of drug-likeness (QED) is 0.835. The fourth-order valence-corrected chi connectivity index (χ4v) is 3.23. The largest absolute Gasteiger partial charge is 0.487 e. The van der Waals surface area contributed by atoms with Crippen molar-refractivity contribution < 1.29 is 4.74 Å². The van der Waals surface area contributed by atoms with Crippen LogP contribution < -0.4 is 10.5 Å². The van der Waals surface area contributed by atoms with Gasteiger partial charge in [-0.15, -0.1) is 0 Å². The van der Waals surface area contributed by atoms with Crippen molar-refractivity contribution in [2.45, 2.75) is 58.6 Å². The lowest BCUT2D eigenvalue weighted by molar-refractivity contribution is 0.0417. The van der Waals surface area contributed by atoms with Crippen LogP contribution in [0.3, 0.4) is 0 Å². The molecule has 0 radical (unpaired) electrons. The summed E-state index contributed by atoms with van der Waals surface area (Å²) in [6.45, 7) is 8.72. The van der Waals surface area contributed by atoms with Crippen LogP contribution in [0.1, 0.15) is 45.1 Å². The van der Waals surface area contributed by atoms with Gasteiger partial charge in [0.1, 0.15) is 11.9 Å². The molecule has 1 aliphatic carbocycles. The molecule has 2 rings (SSSR count). The van der Waals surface area contributed by atoms with E-state index in [1.54, 1.807) is 0 Å². The van der Waals surface area contributed by atoms with Crippen molar-refractivity contribution in [2.75, 3.05) is 18.8 Å². The lowest BCUT2D eigenvalue weighted by atomic mass is 9.91. The first kappa shape index (κ1) is 15.2. The second-order valence-corrected chi connectivity index (χ2v) is 5.77. The molecule has 2 N–H and O–H groups in total. The Morgan fingerprint density at radius 2 is 1.90 bits per heavy atom. The summed E-state index contributed by atoms with van der Waals surface area (Å²) in [6, 6.07) is 6.56. The molecule has 1 aromatic rings. The van der Waals surface area contributed by atoms with Gasteiger partial charge >= 0.3 is 0 Å². The van der Waals surface area contributed by atoms with Gasteiger partial charge in [-0.2, -0.15) is 0 Å². The van der Waals surface area contributed by atoms with Crippen molar-refractivity contribution in [2.24, 2.45) is 0 Å². The van der Waals surface area contributed by atoms with Crippen LogP contribution in [0.15, 0.2) is 18.2 Å². The number of aryl methyl sites for hydroxylation is 1. The summed E-state index contributed by atoms with van der Waals surface area (Å²) >= 11 is 0. The molecule has 0 aliphatic heterocycles. The molecule has 2 atom stereocenters. The molecule has 112 valence electrons. The summed E-state index contributed by atoms with van der Waals surface area (Å²) in [5.74, 6) is 0.856. The van der Waals surface area contributed by atoms with Gasteiger partial charge in [-0.05, 0) is 57.0 Å². The maximum atomic E-state index is 6.30. The average Bonchev–Trinajstić information content (AvgIpc) is 2.46. The number of nitrogens with zero attached hydrogens (tertiary/aromatic N) is 1. The number of nitrogen functional groups attached to an aromatic ring is 1. The van der Waals surface area contributed by atoms with E-state index in [1.807, 2.05) is 12.1 Å². The monoisotopic (exact) mass is 276 g/mol. The summed E-state index contributed by atoms with van der Waals surface area (Å²) in [5.41, 5.74) is 8.00. The molecule has 0 spiro atoms. The number of ether oxygens (including phenoxy) is 1. The minimum Gasteiger partial charge on any atom is -0.487 e. The van der Waals surface area contributed by atoms with Gasteiger partial charge in [0.25, 0.3) is 0 Å². The molecule has 0 amide bonds. The smallest absolute Gasteiger partial charge is 0.142 e. The Kier molecular flexibility index (Phi) is 5.30.